The highest BCUT2D eigenvalue weighted by Gasteiger charge is 2.44. The molecule has 2 aromatic carbocycles. The number of hydrogen-bond donors (Lipinski definition) is 1. The zero-order valence-electron chi connectivity index (χ0n) is 27.3. The maximum absolute atomic E-state index is 14.3. The number of ether oxygens (including phenoxy) is 1. The summed E-state index contributed by atoms with van der Waals surface area (Å²) in [5.41, 5.74) is -0.262. The third-order valence-electron chi connectivity index (χ3n) is 9.52. The maximum atomic E-state index is 14.3. The molecule has 12 heteroatoms. The second-order valence-electron chi connectivity index (χ2n) is 13.7. The zero-order valence-corrected chi connectivity index (χ0v) is 28.3. The summed E-state index contributed by atoms with van der Waals surface area (Å²) in [6, 6.07) is 9.31. The molecule has 47 heavy (non-hydrogen) atoms. The minimum absolute atomic E-state index is 0.00488. The Hall–Kier alpha value is -4.16. The van der Waals surface area contributed by atoms with Crippen molar-refractivity contribution in [2.45, 2.75) is 77.0 Å². The van der Waals surface area contributed by atoms with Crippen LogP contribution in [0.25, 0.3) is 0 Å². The number of aromatic nitrogens is 1. The second-order valence-corrected chi connectivity index (χ2v) is 18.5. The molecule has 1 saturated heterocycles. The summed E-state index contributed by atoms with van der Waals surface area (Å²) in [6.45, 7) is 14.9. The summed E-state index contributed by atoms with van der Waals surface area (Å²) < 4.78 is 56.2. The van der Waals surface area contributed by atoms with Gasteiger partial charge in [-0.15, -0.1) is 0 Å². The Morgan fingerprint density at radius 1 is 1.09 bits per heavy atom. The number of nitrogens with zero attached hydrogens (tertiary/aromatic N) is 2. The van der Waals surface area contributed by atoms with Crippen molar-refractivity contribution in [2.24, 2.45) is 0 Å². The largest absolute Gasteiger partial charge is 0.483 e. The van der Waals surface area contributed by atoms with Gasteiger partial charge >= 0.3 is 0 Å². The monoisotopic (exact) mass is 667 g/mol. The van der Waals surface area contributed by atoms with E-state index in [1.165, 1.54) is 6.20 Å². The average molecular weight is 668 g/mol. The van der Waals surface area contributed by atoms with E-state index in [9.17, 15) is 27.6 Å². The van der Waals surface area contributed by atoms with E-state index in [4.69, 9.17) is 9.16 Å². The van der Waals surface area contributed by atoms with Crippen LogP contribution in [0.4, 0.5) is 13.2 Å². The lowest BCUT2D eigenvalue weighted by molar-refractivity contribution is 0.0516. The number of rotatable bonds is 9. The van der Waals surface area contributed by atoms with Gasteiger partial charge in [0.25, 0.3) is 11.8 Å². The van der Waals surface area contributed by atoms with Crippen LogP contribution in [0.5, 0.6) is 5.75 Å². The first-order valence-electron chi connectivity index (χ1n) is 15.6. The van der Waals surface area contributed by atoms with E-state index >= 15 is 0 Å². The fraction of sp³-hybridized carbons (Fsp3) is 0.400. The van der Waals surface area contributed by atoms with Crippen LogP contribution >= 0.6 is 0 Å². The number of amides is 2. The number of nitrogens with one attached hydrogen (secondary N) is 1. The molecule has 0 unspecified atom stereocenters. The Bertz CT molecular complexity index is 1750. The van der Waals surface area contributed by atoms with E-state index in [1.807, 2.05) is 6.07 Å². The lowest BCUT2D eigenvalue weighted by Crippen LogP contribution is -2.52. The van der Waals surface area contributed by atoms with Gasteiger partial charge in [-0.05, 0) is 36.5 Å². The molecule has 2 amide bonds. The molecule has 1 N–H and O–H groups in total. The van der Waals surface area contributed by atoms with Crippen LogP contribution in [-0.4, -0.2) is 48.8 Å². The highest BCUT2D eigenvalue weighted by atomic mass is 28.4. The molecule has 0 saturated carbocycles. The van der Waals surface area contributed by atoms with Crippen LogP contribution in [-0.2, 0) is 17.6 Å². The molecule has 3 heterocycles. The van der Waals surface area contributed by atoms with Gasteiger partial charge in [0.05, 0.1) is 18.7 Å². The standard InChI is InChI=1S/C35H40F3N3O5Si/c1-21-12-13-24(20-46-47(5,6)35(2,3)4)40-18-29(21)41-17-26(33(43)39-16-25-27(37)14-23(36)15-28(25)38)31(42)32(30(41)34(40)44)45-19-22-10-8-7-9-11-22/h7-11,14-15,17,24,29H,1,12-13,16,18-20H2,2-6H3,(H,39,43)/t24-,29-/m1/s1. The molecule has 2 atom stereocenters. The Morgan fingerprint density at radius 3 is 2.38 bits per heavy atom. The van der Waals surface area contributed by atoms with Gasteiger partial charge in [-0.3, -0.25) is 14.4 Å². The molecule has 3 aromatic rings. The normalized spacial score (nSPS) is 18.1. The lowest BCUT2D eigenvalue weighted by atomic mass is 10.0. The number of hydrogen-bond acceptors (Lipinski definition) is 5. The van der Waals surface area contributed by atoms with Crippen LogP contribution < -0.4 is 15.5 Å². The number of carbonyl (C=O) groups is 2. The summed E-state index contributed by atoms with van der Waals surface area (Å²) in [5.74, 6) is -5.12. The first kappa shape index (κ1) is 34.2. The van der Waals surface area contributed by atoms with Gasteiger partial charge < -0.3 is 23.9 Å². The van der Waals surface area contributed by atoms with Crippen molar-refractivity contribution in [3.8, 4) is 5.75 Å². The first-order chi connectivity index (χ1) is 22.1. The van der Waals surface area contributed by atoms with Crippen molar-refractivity contribution in [3.05, 3.63) is 111 Å². The predicted molar refractivity (Wildman–Crippen MR) is 174 cm³/mol. The molecular weight excluding hydrogens is 627 g/mol. The number of pyridine rings is 1. The first-order valence-corrected chi connectivity index (χ1v) is 18.5. The fourth-order valence-electron chi connectivity index (χ4n) is 5.60. The Kier molecular flexibility index (Phi) is 9.56. The Morgan fingerprint density at radius 2 is 1.74 bits per heavy atom. The van der Waals surface area contributed by atoms with Gasteiger partial charge in [-0.2, -0.15) is 0 Å². The molecule has 1 fully saturated rings. The number of benzene rings is 2. The lowest BCUT2D eigenvalue weighted by Gasteiger charge is -2.41. The van der Waals surface area contributed by atoms with Crippen molar-refractivity contribution in [1.82, 2.24) is 14.8 Å². The van der Waals surface area contributed by atoms with Gasteiger partial charge in [-0.1, -0.05) is 63.3 Å². The van der Waals surface area contributed by atoms with Crippen molar-refractivity contribution >= 4 is 20.1 Å². The Labute approximate surface area is 273 Å². The summed E-state index contributed by atoms with van der Waals surface area (Å²) in [5, 5.41) is 2.34. The Balaban J connectivity index is 1.54. The zero-order chi connectivity index (χ0) is 34.3. The average Bonchev–Trinajstić information content (AvgIpc) is 3.14. The number of fused-ring (bicyclic) bond motifs is 4. The molecule has 5 rings (SSSR count). The van der Waals surface area contributed by atoms with Gasteiger partial charge in [0.2, 0.25) is 5.43 Å². The summed E-state index contributed by atoms with van der Waals surface area (Å²) >= 11 is 0. The SMILES string of the molecule is C=C1CC[C@H](CO[Si](C)(C)C(C)(C)C)N2C[C@H]1n1cc(C(=O)NCc3c(F)cc(F)cc3F)c(=O)c(OCc3ccccc3)c1C2=O. The highest BCUT2D eigenvalue weighted by molar-refractivity contribution is 6.74. The van der Waals surface area contributed by atoms with Crippen molar-refractivity contribution in [3.63, 3.8) is 0 Å². The van der Waals surface area contributed by atoms with Crippen molar-refractivity contribution < 1.29 is 31.9 Å². The molecule has 0 radical (unpaired) electrons. The van der Waals surface area contributed by atoms with Gasteiger partial charge in [0.1, 0.15) is 29.6 Å². The van der Waals surface area contributed by atoms with Gasteiger partial charge in [0.15, 0.2) is 19.8 Å². The number of carbonyl (C=O) groups excluding carboxylic acids is 2. The molecule has 0 aliphatic carbocycles. The maximum Gasteiger partial charge on any atom is 0.274 e. The molecule has 2 aliphatic rings. The second kappa shape index (κ2) is 13.2. The molecule has 2 bridgehead atoms. The molecule has 250 valence electrons. The minimum Gasteiger partial charge on any atom is -0.483 e. The molecule has 0 spiro atoms. The van der Waals surface area contributed by atoms with Crippen molar-refractivity contribution in [2.75, 3.05) is 13.2 Å². The number of halogens is 3. The third kappa shape index (κ3) is 6.94. The van der Waals surface area contributed by atoms with E-state index in [2.05, 4.69) is 45.8 Å². The fourth-order valence-corrected chi connectivity index (χ4v) is 6.64. The van der Waals surface area contributed by atoms with E-state index < -0.39 is 61.2 Å². The van der Waals surface area contributed by atoms with Crippen LogP contribution in [0.1, 0.15) is 71.6 Å². The molecular formula is C35H40F3N3O5Si. The van der Waals surface area contributed by atoms with Crippen LogP contribution in [0.15, 0.2) is 65.6 Å². The predicted octanol–water partition coefficient (Wildman–Crippen LogP) is 6.51. The van der Waals surface area contributed by atoms with E-state index in [0.29, 0.717) is 31.6 Å². The smallest absolute Gasteiger partial charge is 0.274 e. The topological polar surface area (TPSA) is 89.9 Å². The van der Waals surface area contributed by atoms with Crippen molar-refractivity contribution in [1.29, 1.82) is 0 Å². The quantitative estimate of drug-likeness (QED) is 0.208. The van der Waals surface area contributed by atoms with E-state index in [0.717, 1.165) is 11.1 Å². The highest BCUT2D eigenvalue weighted by Crippen LogP contribution is 2.40. The molecule has 1 aromatic heterocycles. The van der Waals surface area contributed by atoms with Gasteiger partial charge in [-0.25, -0.2) is 13.2 Å². The van der Waals surface area contributed by atoms with Crippen LogP contribution in [0.2, 0.25) is 18.1 Å². The van der Waals surface area contributed by atoms with Crippen LogP contribution in [0, 0.1) is 17.5 Å². The summed E-state index contributed by atoms with van der Waals surface area (Å²) in [6.07, 6.45) is 2.48. The van der Waals surface area contributed by atoms with E-state index in [-0.39, 0.29) is 41.2 Å². The van der Waals surface area contributed by atoms with Crippen LogP contribution in [0.3, 0.4) is 0 Å². The summed E-state index contributed by atoms with van der Waals surface area (Å²) in [4.78, 5) is 43.4. The third-order valence-corrected chi connectivity index (χ3v) is 14.0. The molecule has 8 nitrogen and oxygen atoms in total. The molecule has 2 aliphatic heterocycles. The summed E-state index contributed by atoms with van der Waals surface area (Å²) in [7, 11) is -2.14. The van der Waals surface area contributed by atoms with E-state index in [1.54, 1.807) is 33.7 Å². The minimum atomic E-state index is -2.14. The van der Waals surface area contributed by atoms with Gasteiger partial charge in [0, 0.05) is 37.0 Å².